The van der Waals surface area contributed by atoms with Gasteiger partial charge in [0.15, 0.2) is 11.5 Å². The smallest absolute Gasteiger partial charge is 0.225 e. The number of hydrogen-bond acceptors (Lipinski definition) is 5. The third-order valence-electron chi connectivity index (χ3n) is 7.35. The average molecular weight is 467 g/mol. The number of piperidine rings is 1. The Morgan fingerprint density at radius 2 is 1.79 bits per heavy atom. The van der Waals surface area contributed by atoms with Crippen molar-refractivity contribution in [3.63, 3.8) is 0 Å². The summed E-state index contributed by atoms with van der Waals surface area (Å²) in [6.45, 7) is 1.49. The number of halogens is 1. The number of rotatable bonds is 5. The summed E-state index contributed by atoms with van der Waals surface area (Å²) in [6.07, 6.45) is 7.67. The molecule has 1 saturated carbocycles. The van der Waals surface area contributed by atoms with E-state index in [1.807, 2.05) is 23.2 Å². The number of hydrogen-bond donors (Lipinski definition) is 0. The standard InChI is InChI=1S/C26H31FN4O3/c1-33-21-7-3-18(4-8-21)26(32)30-13-11-17(12-14-30)25-28-24-10-5-19(16-31(24)29-25)22-15-20(27)6-9-23(22)34-2/h5-6,9-10,15-18,21H,3-4,7-8,11-14H2,1-2H3. The van der Waals surface area contributed by atoms with Crippen LogP contribution in [0.2, 0.25) is 0 Å². The van der Waals surface area contributed by atoms with Gasteiger partial charge in [0.25, 0.3) is 0 Å². The second-order valence-electron chi connectivity index (χ2n) is 9.34. The van der Waals surface area contributed by atoms with Crippen molar-refractivity contribution in [1.29, 1.82) is 0 Å². The summed E-state index contributed by atoms with van der Waals surface area (Å²) in [6, 6.07) is 8.28. The van der Waals surface area contributed by atoms with Crippen LogP contribution in [0.15, 0.2) is 36.5 Å². The number of amides is 1. The first kappa shape index (κ1) is 22.8. The molecular weight excluding hydrogens is 435 g/mol. The molecule has 1 aliphatic carbocycles. The first-order valence-electron chi connectivity index (χ1n) is 12.1. The molecule has 34 heavy (non-hydrogen) atoms. The lowest BCUT2D eigenvalue weighted by Crippen LogP contribution is -2.42. The van der Waals surface area contributed by atoms with Crippen molar-refractivity contribution >= 4 is 11.6 Å². The molecule has 3 aromatic rings. The van der Waals surface area contributed by atoms with Gasteiger partial charge >= 0.3 is 0 Å². The second-order valence-corrected chi connectivity index (χ2v) is 9.34. The van der Waals surface area contributed by atoms with Crippen LogP contribution in [0.4, 0.5) is 4.39 Å². The maximum absolute atomic E-state index is 13.8. The van der Waals surface area contributed by atoms with E-state index in [2.05, 4.69) is 0 Å². The number of aromatic nitrogens is 3. The summed E-state index contributed by atoms with van der Waals surface area (Å²) in [7, 11) is 3.33. The quantitative estimate of drug-likeness (QED) is 0.556. The minimum absolute atomic E-state index is 0.134. The van der Waals surface area contributed by atoms with Gasteiger partial charge in [-0.1, -0.05) is 0 Å². The number of benzene rings is 1. The topological polar surface area (TPSA) is 69.0 Å². The molecule has 0 bridgehead atoms. The van der Waals surface area contributed by atoms with Crippen molar-refractivity contribution in [2.24, 2.45) is 5.92 Å². The van der Waals surface area contributed by atoms with Gasteiger partial charge in [0.1, 0.15) is 11.6 Å². The molecule has 1 aliphatic heterocycles. The van der Waals surface area contributed by atoms with Gasteiger partial charge in [-0.05, 0) is 68.9 Å². The molecule has 0 spiro atoms. The first-order valence-corrected chi connectivity index (χ1v) is 12.1. The Morgan fingerprint density at radius 1 is 1.03 bits per heavy atom. The summed E-state index contributed by atoms with van der Waals surface area (Å²) in [5.41, 5.74) is 2.24. The predicted molar refractivity (Wildman–Crippen MR) is 126 cm³/mol. The Labute approximate surface area is 198 Å². The largest absolute Gasteiger partial charge is 0.496 e. The number of methoxy groups -OCH3 is 2. The molecule has 2 aliphatic rings. The number of nitrogens with zero attached hydrogens (tertiary/aromatic N) is 4. The van der Waals surface area contributed by atoms with Gasteiger partial charge in [-0.2, -0.15) is 5.10 Å². The highest BCUT2D eigenvalue weighted by Gasteiger charge is 2.32. The Bertz CT molecular complexity index is 1160. The number of fused-ring (bicyclic) bond motifs is 1. The maximum Gasteiger partial charge on any atom is 0.225 e. The van der Waals surface area contributed by atoms with Crippen LogP contribution in [0, 0.1) is 11.7 Å². The fraction of sp³-hybridized carbons (Fsp3) is 0.500. The van der Waals surface area contributed by atoms with Gasteiger partial charge in [-0.25, -0.2) is 13.9 Å². The molecule has 3 heterocycles. The molecule has 5 rings (SSSR count). The Balaban J connectivity index is 1.26. The van der Waals surface area contributed by atoms with E-state index in [1.165, 1.54) is 12.1 Å². The van der Waals surface area contributed by atoms with Gasteiger partial charge in [0.2, 0.25) is 5.91 Å². The third kappa shape index (κ3) is 4.51. The van der Waals surface area contributed by atoms with Gasteiger partial charge < -0.3 is 14.4 Å². The van der Waals surface area contributed by atoms with Crippen LogP contribution in [-0.4, -0.2) is 58.8 Å². The van der Waals surface area contributed by atoms with Gasteiger partial charge in [0, 0.05) is 49.4 Å². The SMILES string of the molecule is COc1ccc(F)cc1-c1ccc2nc(C3CCN(C(=O)C4CCC(OC)CC4)CC3)nn2c1. The number of pyridine rings is 1. The van der Waals surface area contributed by atoms with E-state index in [9.17, 15) is 9.18 Å². The van der Waals surface area contributed by atoms with E-state index in [0.717, 1.165) is 68.6 Å². The van der Waals surface area contributed by atoms with Crippen LogP contribution >= 0.6 is 0 Å². The third-order valence-corrected chi connectivity index (χ3v) is 7.35. The predicted octanol–water partition coefficient (Wildman–Crippen LogP) is 4.46. The summed E-state index contributed by atoms with van der Waals surface area (Å²) < 4.78 is 26.4. The van der Waals surface area contributed by atoms with Crippen LogP contribution in [0.1, 0.15) is 50.3 Å². The molecular formula is C26H31FN4O3. The van der Waals surface area contributed by atoms with Crippen molar-refractivity contribution in [2.45, 2.75) is 50.5 Å². The maximum atomic E-state index is 13.8. The number of carbonyl (C=O) groups excluding carboxylic acids is 1. The zero-order valence-corrected chi connectivity index (χ0v) is 19.7. The van der Waals surface area contributed by atoms with Crippen molar-refractivity contribution in [1.82, 2.24) is 19.5 Å². The van der Waals surface area contributed by atoms with Crippen LogP contribution < -0.4 is 4.74 Å². The normalized spacial score (nSPS) is 21.7. The van der Waals surface area contributed by atoms with E-state index in [4.69, 9.17) is 19.6 Å². The Hall–Kier alpha value is -3.00. The first-order chi connectivity index (χ1) is 16.6. The van der Waals surface area contributed by atoms with Crippen molar-refractivity contribution in [3.8, 4) is 16.9 Å². The van der Waals surface area contributed by atoms with E-state index in [1.54, 1.807) is 24.8 Å². The van der Waals surface area contributed by atoms with Crippen LogP contribution in [0.3, 0.4) is 0 Å². The van der Waals surface area contributed by atoms with Gasteiger partial charge in [-0.15, -0.1) is 0 Å². The molecule has 0 unspecified atom stereocenters. The van der Waals surface area contributed by atoms with Crippen LogP contribution in [-0.2, 0) is 9.53 Å². The Kier molecular flexibility index (Phi) is 6.50. The summed E-state index contributed by atoms with van der Waals surface area (Å²) in [5, 5.41) is 4.73. The zero-order valence-electron chi connectivity index (χ0n) is 19.7. The molecule has 0 N–H and O–H groups in total. The molecule has 0 radical (unpaired) electrons. The number of carbonyl (C=O) groups is 1. The van der Waals surface area contributed by atoms with Crippen molar-refractivity contribution in [2.75, 3.05) is 27.3 Å². The molecule has 2 aromatic heterocycles. The van der Waals surface area contributed by atoms with Crippen molar-refractivity contribution in [3.05, 3.63) is 48.2 Å². The van der Waals surface area contributed by atoms with Gasteiger partial charge in [0.05, 0.1) is 13.2 Å². The molecule has 7 nitrogen and oxygen atoms in total. The molecule has 1 aromatic carbocycles. The highest BCUT2D eigenvalue weighted by Crippen LogP contribution is 2.33. The molecule has 180 valence electrons. The summed E-state index contributed by atoms with van der Waals surface area (Å²) in [5.74, 6) is 1.74. The van der Waals surface area contributed by atoms with Crippen LogP contribution in [0.25, 0.3) is 16.8 Å². The Morgan fingerprint density at radius 3 is 2.50 bits per heavy atom. The van der Waals surface area contributed by atoms with E-state index < -0.39 is 0 Å². The highest BCUT2D eigenvalue weighted by molar-refractivity contribution is 5.79. The summed E-state index contributed by atoms with van der Waals surface area (Å²) in [4.78, 5) is 19.8. The molecule has 1 saturated heterocycles. The van der Waals surface area contributed by atoms with E-state index in [-0.39, 0.29) is 17.7 Å². The monoisotopic (exact) mass is 466 g/mol. The molecule has 1 amide bonds. The average Bonchev–Trinajstić information content (AvgIpc) is 3.32. The van der Waals surface area contributed by atoms with Gasteiger partial charge in [-0.3, -0.25) is 4.79 Å². The van der Waals surface area contributed by atoms with Crippen LogP contribution in [0.5, 0.6) is 5.75 Å². The minimum atomic E-state index is -0.316. The summed E-state index contributed by atoms with van der Waals surface area (Å²) >= 11 is 0. The number of ether oxygens (including phenoxy) is 2. The lowest BCUT2D eigenvalue weighted by molar-refractivity contribution is -0.138. The van der Waals surface area contributed by atoms with Crippen molar-refractivity contribution < 1.29 is 18.7 Å². The number of likely N-dealkylation sites (tertiary alicyclic amines) is 1. The fourth-order valence-electron chi connectivity index (χ4n) is 5.30. The lowest BCUT2D eigenvalue weighted by atomic mass is 9.85. The second kappa shape index (κ2) is 9.70. The fourth-order valence-corrected chi connectivity index (χ4v) is 5.30. The highest BCUT2D eigenvalue weighted by atomic mass is 19.1. The zero-order chi connectivity index (χ0) is 23.7. The molecule has 8 heteroatoms. The lowest BCUT2D eigenvalue weighted by Gasteiger charge is -2.35. The molecule has 0 atom stereocenters. The van der Waals surface area contributed by atoms with E-state index in [0.29, 0.717) is 23.3 Å². The van der Waals surface area contributed by atoms with E-state index >= 15 is 0 Å². The molecule has 2 fully saturated rings. The minimum Gasteiger partial charge on any atom is -0.496 e.